The third-order valence-electron chi connectivity index (χ3n) is 5.11. The van der Waals surface area contributed by atoms with Gasteiger partial charge >= 0.3 is 0 Å². The van der Waals surface area contributed by atoms with Crippen molar-refractivity contribution in [2.45, 2.75) is 12.1 Å². The Kier molecular flexibility index (Phi) is 4.31. The van der Waals surface area contributed by atoms with Crippen LogP contribution >= 0.6 is 0 Å². The monoisotopic (exact) mass is 376 g/mol. The number of aromatic amines is 1. The summed E-state index contributed by atoms with van der Waals surface area (Å²) >= 11 is 0. The van der Waals surface area contributed by atoms with Crippen molar-refractivity contribution in [3.8, 4) is 34.2 Å². The molecule has 1 saturated heterocycles. The summed E-state index contributed by atoms with van der Waals surface area (Å²) in [6.45, 7) is 1.14. The third-order valence-corrected chi connectivity index (χ3v) is 5.11. The summed E-state index contributed by atoms with van der Waals surface area (Å²) in [6, 6.07) is 15.9. The van der Waals surface area contributed by atoms with Crippen LogP contribution in [0.3, 0.4) is 0 Å². The smallest absolute Gasteiger partial charge is 0.153 e. The molecular weight excluding hydrogens is 356 g/mol. The van der Waals surface area contributed by atoms with Crippen LogP contribution in [-0.4, -0.2) is 46.2 Å². The molecule has 142 valence electrons. The van der Waals surface area contributed by atoms with Crippen LogP contribution in [0.15, 0.2) is 65.5 Å². The minimum Gasteiger partial charge on any atom is -0.453 e. The van der Waals surface area contributed by atoms with Crippen molar-refractivity contribution >= 4 is 0 Å². The molecule has 1 fully saturated rings. The SMILES string of the molecule is CO[C@H]1COC[C@@H]1n1cnc(-c2ccccc2)c1-c1ccc(-c2ccn[nH]2)o1. The molecule has 0 radical (unpaired) electrons. The van der Waals surface area contributed by atoms with Gasteiger partial charge in [-0.3, -0.25) is 5.10 Å². The second kappa shape index (κ2) is 7.10. The molecule has 7 nitrogen and oxygen atoms in total. The highest BCUT2D eigenvalue weighted by Crippen LogP contribution is 2.37. The van der Waals surface area contributed by atoms with Crippen molar-refractivity contribution in [1.29, 1.82) is 0 Å². The Bertz CT molecular complexity index is 1050. The van der Waals surface area contributed by atoms with E-state index < -0.39 is 0 Å². The van der Waals surface area contributed by atoms with Crippen molar-refractivity contribution in [1.82, 2.24) is 19.7 Å². The van der Waals surface area contributed by atoms with Gasteiger partial charge in [0.2, 0.25) is 0 Å². The minimum atomic E-state index is -0.0291. The number of ether oxygens (including phenoxy) is 2. The fourth-order valence-electron chi connectivity index (χ4n) is 3.67. The molecule has 2 atom stereocenters. The lowest BCUT2D eigenvalue weighted by atomic mass is 10.1. The highest BCUT2D eigenvalue weighted by molar-refractivity contribution is 5.77. The molecule has 4 heterocycles. The number of furan rings is 1. The van der Waals surface area contributed by atoms with Gasteiger partial charge in [-0.15, -0.1) is 0 Å². The Hall–Kier alpha value is -3.16. The predicted molar refractivity (Wildman–Crippen MR) is 104 cm³/mol. The van der Waals surface area contributed by atoms with Gasteiger partial charge in [-0.2, -0.15) is 5.10 Å². The first-order chi connectivity index (χ1) is 13.8. The molecule has 0 unspecified atom stereocenters. The molecule has 7 heteroatoms. The number of aromatic nitrogens is 4. The van der Waals surface area contributed by atoms with Gasteiger partial charge in [0.1, 0.15) is 17.5 Å². The number of hydrogen-bond donors (Lipinski definition) is 1. The summed E-state index contributed by atoms with van der Waals surface area (Å²) < 4.78 is 19.6. The van der Waals surface area contributed by atoms with Crippen molar-refractivity contribution in [3.05, 3.63) is 61.1 Å². The normalized spacial score (nSPS) is 19.3. The Labute approximate surface area is 161 Å². The number of hydrogen-bond acceptors (Lipinski definition) is 5. The molecule has 0 saturated carbocycles. The summed E-state index contributed by atoms with van der Waals surface area (Å²) in [5.74, 6) is 1.47. The molecule has 1 aromatic carbocycles. The molecular formula is C21H20N4O3. The van der Waals surface area contributed by atoms with Crippen LogP contribution in [0, 0.1) is 0 Å². The first-order valence-electron chi connectivity index (χ1n) is 9.18. The van der Waals surface area contributed by atoms with Crippen LogP contribution in [0.2, 0.25) is 0 Å². The zero-order valence-corrected chi connectivity index (χ0v) is 15.4. The number of H-pyrrole nitrogens is 1. The number of rotatable bonds is 5. The number of methoxy groups -OCH3 is 1. The average molecular weight is 376 g/mol. The molecule has 5 rings (SSSR count). The van der Waals surface area contributed by atoms with E-state index in [-0.39, 0.29) is 12.1 Å². The number of nitrogens with zero attached hydrogens (tertiary/aromatic N) is 3. The quantitative estimate of drug-likeness (QED) is 0.573. The van der Waals surface area contributed by atoms with E-state index in [1.165, 1.54) is 0 Å². The molecule has 0 bridgehead atoms. The summed E-state index contributed by atoms with van der Waals surface area (Å²) in [7, 11) is 1.71. The van der Waals surface area contributed by atoms with E-state index in [0.717, 1.165) is 34.2 Å². The molecule has 1 aliphatic rings. The molecule has 1 aliphatic heterocycles. The van der Waals surface area contributed by atoms with E-state index in [9.17, 15) is 0 Å². The second-order valence-corrected chi connectivity index (χ2v) is 6.73. The Balaban J connectivity index is 1.65. The third kappa shape index (κ3) is 2.85. The molecule has 0 aliphatic carbocycles. The lowest BCUT2D eigenvalue weighted by Crippen LogP contribution is -2.24. The molecule has 4 aromatic rings. The van der Waals surface area contributed by atoms with Crippen LogP contribution < -0.4 is 0 Å². The van der Waals surface area contributed by atoms with E-state index >= 15 is 0 Å². The maximum atomic E-state index is 6.19. The van der Waals surface area contributed by atoms with Gasteiger partial charge < -0.3 is 18.5 Å². The van der Waals surface area contributed by atoms with E-state index in [1.807, 2.05) is 54.9 Å². The van der Waals surface area contributed by atoms with Crippen LogP contribution in [0.25, 0.3) is 34.2 Å². The maximum absolute atomic E-state index is 6.19. The van der Waals surface area contributed by atoms with Crippen molar-refractivity contribution in [2.24, 2.45) is 0 Å². The molecule has 3 aromatic heterocycles. The number of benzene rings is 1. The maximum Gasteiger partial charge on any atom is 0.153 e. The highest BCUT2D eigenvalue weighted by Gasteiger charge is 2.33. The minimum absolute atomic E-state index is 0.0291. The largest absolute Gasteiger partial charge is 0.453 e. The standard InChI is InChI=1S/C21H20N4O3/c1-26-19-12-27-11-16(19)25-13-22-20(14-5-3-2-4-6-14)21(25)18-8-7-17(28-18)15-9-10-23-24-15/h2-10,13,16,19H,11-12H2,1H3,(H,23,24)/t16-,19-/m0/s1. The molecule has 28 heavy (non-hydrogen) atoms. The Morgan fingerprint density at radius 3 is 2.71 bits per heavy atom. The first kappa shape index (κ1) is 17.0. The van der Waals surface area contributed by atoms with Gasteiger partial charge in [0, 0.05) is 18.9 Å². The van der Waals surface area contributed by atoms with Crippen LogP contribution in [0.4, 0.5) is 0 Å². The Morgan fingerprint density at radius 2 is 1.93 bits per heavy atom. The molecule has 0 spiro atoms. The number of nitrogens with one attached hydrogen (secondary N) is 1. The molecule has 0 amide bonds. The van der Waals surface area contributed by atoms with E-state index in [0.29, 0.717) is 13.2 Å². The average Bonchev–Trinajstić information content (AvgIpc) is 3.53. The topological polar surface area (TPSA) is 78.1 Å². The fraction of sp³-hybridized carbons (Fsp3) is 0.238. The van der Waals surface area contributed by atoms with Crippen molar-refractivity contribution in [3.63, 3.8) is 0 Å². The van der Waals surface area contributed by atoms with Gasteiger partial charge in [0.25, 0.3) is 0 Å². The highest BCUT2D eigenvalue weighted by atomic mass is 16.5. The lowest BCUT2D eigenvalue weighted by Gasteiger charge is -2.19. The van der Waals surface area contributed by atoms with Gasteiger partial charge in [0.15, 0.2) is 11.5 Å². The van der Waals surface area contributed by atoms with Crippen LogP contribution in [0.5, 0.6) is 0 Å². The summed E-state index contributed by atoms with van der Waals surface area (Å²) in [5, 5.41) is 6.94. The van der Waals surface area contributed by atoms with Gasteiger partial charge in [-0.25, -0.2) is 4.98 Å². The van der Waals surface area contributed by atoms with Gasteiger partial charge in [-0.1, -0.05) is 30.3 Å². The zero-order valence-electron chi connectivity index (χ0n) is 15.4. The van der Waals surface area contributed by atoms with Crippen LogP contribution in [-0.2, 0) is 9.47 Å². The van der Waals surface area contributed by atoms with Crippen molar-refractivity contribution < 1.29 is 13.9 Å². The Morgan fingerprint density at radius 1 is 1.07 bits per heavy atom. The summed E-state index contributed by atoms with van der Waals surface area (Å²) in [4.78, 5) is 4.72. The van der Waals surface area contributed by atoms with Gasteiger partial charge in [-0.05, 0) is 18.2 Å². The van der Waals surface area contributed by atoms with Crippen LogP contribution in [0.1, 0.15) is 6.04 Å². The molecule has 1 N–H and O–H groups in total. The second-order valence-electron chi connectivity index (χ2n) is 6.73. The zero-order chi connectivity index (χ0) is 18.9. The summed E-state index contributed by atoms with van der Waals surface area (Å²) in [5.41, 5.74) is 3.64. The van der Waals surface area contributed by atoms with Gasteiger partial charge in [0.05, 0.1) is 31.3 Å². The fourth-order valence-corrected chi connectivity index (χ4v) is 3.67. The first-order valence-corrected chi connectivity index (χ1v) is 9.18. The lowest BCUT2D eigenvalue weighted by molar-refractivity contribution is 0.0687. The number of imidazole rings is 1. The van der Waals surface area contributed by atoms with E-state index in [1.54, 1.807) is 13.3 Å². The van der Waals surface area contributed by atoms with E-state index in [2.05, 4.69) is 14.8 Å². The van der Waals surface area contributed by atoms with Crippen molar-refractivity contribution in [2.75, 3.05) is 20.3 Å². The summed E-state index contributed by atoms with van der Waals surface area (Å²) in [6.07, 6.45) is 3.52. The van der Waals surface area contributed by atoms with E-state index in [4.69, 9.17) is 18.9 Å². The predicted octanol–water partition coefficient (Wildman–Crippen LogP) is 3.79.